The highest BCUT2D eigenvalue weighted by Crippen LogP contribution is 2.16. The molecule has 2 rings (SSSR count). The minimum Gasteiger partial charge on any atom is -0.396 e. The zero-order chi connectivity index (χ0) is 15.2. The summed E-state index contributed by atoms with van der Waals surface area (Å²) in [5.74, 6) is 1.22. The number of hydrogen-bond acceptors (Lipinski definition) is 4. The van der Waals surface area contributed by atoms with Crippen LogP contribution in [0.25, 0.3) is 0 Å². The van der Waals surface area contributed by atoms with Crippen molar-refractivity contribution in [1.29, 1.82) is 0 Å². The van der Waals surface area contributed by atoms with E-state index in [2.05, 4.69) is 10.5 Å². The Morgan fingerprint density at radius 3 is 2.71 bits per heavy atom. The van der Waals surface area contributed by atoms with Gasteiger partial charge in [-0.25, -0.2) is 4.79 Å². The van der Waals surface area contributed by atoms with E-state index in [1.54, 1.807) is 0 Å². The first-order chi connectivity index (χ1) is 10.1. The number of urea groups is 1. The predicted molar refractivity (Wildman–Crippen MR) is 79.1 cm³/mol. The largest absolute Gasteiger partial charge is 0.396 e. The van der Waals surface area contributed by atoms with Crippen LogP contribution in [0.1, 0.15) is 36.3 Å². The molecule has 1 aliphatic heterocycles. The van der Waals surface area contributed by atoms with E-state index >= 15 is 0 Å². The fourth-order valence-electron chi connectivity index (χ4n) is 2.75. The quantitative estimate of drug-likeness (QED) is 0.809. The van der Waals surface area contributed by atoms with Crippen molar-refractivity contribution in [2.24, 2.45) is 5.92 Å². The second-order valence-corrected chi connectivity index (χ2v) is 5.75. The van der Waals surface area contributed by atoms with Crippen LogP contribution >= 0.6 is 0 Å². The van der Waals surface area contributed by atoms with Crippen LogP contribution in [-0.4, -0.2) is 47.4 Å². The number of carbonyl (C=O) groups excluding carboxylic acids is 1. The Bertz CT molecular complexity index is 445. The molecule has 2 amide bonds. The van der Waals surface area contributed by atoms with Crippen LogP contribution in [0, 0.1) is 19.8 Å². The number of aromatic nitrogens is 1. The van der Waals surface area contributed by atoms with Gasteiger partial charge in [0.25, 0.3) is 0 Å². The summed E-state index contributed by atoms with van der Waals surface area (Å²) in [5.41, 5.74) is 2.08. The van der Waals surface area contributed by atoms with Gasteiger partial charge in [0.05, 0.1) is 5.69 Å². The number of aryl methyl sites for hydroxylation is 2. The second-order valence-electron chi connectivity index (χ2n) is 5.75. The van der Waals surface area contributed by atoms with Gasteiger partial charge in [-0.15, -0.1) is 0 Å². The fourth-order valence-corrected chi connectivity index (χ4v) is 2.75. The van der Waals surface area contributed by atoms with E-state index in [0.29, 0.717) is 12.5 Å². The van der Waals surface area contributed by atoms with Gasteiger partial charge in [-0.2, -0.15) is 0 Å². The highest BCUT2D eigenvalue weighted by atomic mass is 16.5. The van der Waals surface area contributed by atoms with Gasteiger partial charge in [0, 0.05) is 31.8 Å². The lowest BCUT2D eigenvalue weighted by atomic mass is 9.98. The summed E-state index contributed by atoms with van der Waals surface area (Å²) in [5, 5.41) is 16.0. The maximum Gasteiger partial charge on any atom is 0.317 e. The average molecular weight is 295 g/mol. The van der Waals surface area contributed by atoms with Crippen molar-refractivity contribution < 1.29 is 14.4 Å². The predicted octanol–water partition coefficient (Wildman–Crippen LogP) is 1.64. The molecule has 1 fully saturated rings. The highest BCUT2D eigenvalue weighted by molar-refractivity contribution is 5.74. The number of rotatable bonds is 5. The van der Waals surface area contributed by atoms with Crippen LogP contribution in [0.15, 0.2) is 4.52 Å². The van der Waals surface area contributed by atoms with Crippen molar-refractivity contribution in [3.05, 3.63) is 17.0 Å². The van der Waals surface area contributed by atoms with E-state index in [9.17, 15) is 4.79 Å². The summed E-state index contributed by atoms with van der Waals surface area (Å²) in [6.07, 6.45) is 3.53. The number of nitrogens with one attached hydrogen (secondary N) is 1. The Morgan fingerprint density at radius 2 is 2.14 bits per heavy atom. The maximum absolute atomic E-state index is 12.0. The molecule has 0 radical (unpaired) electrons. The lowest BCUT2D eigenvalue weighted by Crippen LogP contribution is -2.45. The maximum atomic E-state index is 12.0. The molecule has 1 saturated heterocycles. The van der Waals surface area contributed by atoms with E-state index in [0.717, 1.165) is 55.8 Å². The number of amides is 2. The molecule has 1 aliphatic rings. The Labute approximate surface area is 125 Å². The minimum atomic E-state index is 0.00477. The molecule has 1 aromatic rings. The molecule has 0 saturated carbocycles. The van der Waals surface area contributed by atoms with E-state index < -0.39 is 0 Å². The average Bonchev–Trinajstić information content (AvgIpc) is 2.82. The van der Waals surface area contributed by atoms with Crippen LogP contribution in [-0.2, 0) is 6.42 Å². The van der Waals surface area contributed by atoms with Crippen molar-refractivity contribution in [3.8, 4) is 0 Å². The minimum absolute atomic E-state index is 0.00477. The van der Waals surface area contributed by atoms with E-state index in [-0.39, 0.29) is 12.6 Å². The molecule has 0 aromatic carbocycles. The Morgan fingerprint density at radius 1 is 1.43 bits per heavy atom. The van der Waals surface area contributed by atoms with Gasteiger partial charge in [0.15, 0.2) is 0 Å². The lowest BCUT2D eigenvalue weighted by Gasteiger charge is -2.31. The molecule has 0 spiro atoms. The summed E-state index contributed by atoms with van der Waals surface area (Å²) < 4.78 is 5.12. The highest BCUT2D eigenvalue weighted by Gasteiger charge is 2.21. The Balaban J connectivity index is 1.66. The molecular formula is C15H25N3O3. The van der Waals surface area contributed by atoms with Crippen LogP contribution < -0.4 is 5.32 Å². The van der Waals surface area contributed by atoms with Crippen LogP contribution in [0.4, 0.5) is 4.79 Å². The molecule has 2 heterocycles. The molecule has 6 heteroatoms. The zero-order valence-corrected chi connectivity index (χ0v) is 12.9. The molecule has 1 aromatic heterocycles. The van der Waals surface area contributed by atoms with Gasteiger partial charge >= 0.3 is 6.03 Å². The molecule has 118 valence electrons. The first-order valence-corrected chi connectivity index (χ1v) is 7.67. The summed E-state index contributed by atoms with van der Waals surface area (Å²) in [6.45, 7) is 6.21. The molecule has 6 nitrogen and oxygen atoms in total. The SMILES string of the molecule is Cc1noc(C)c1CCCNC(=O)N1CCC(CO)CC1. The first kappa shape index (κ1) is 15.8. The standard InChI is InChI=1S/C15H25N3O3/c1-11-14(12(2)21-17-11)4-3-7-16-15(20)18-8-5-13(10-19)6-9-18/h13,19H,3-10H2,1-2H3,(H,16,20). The number of piperidine rings is 1. The molecule has 0 atom stereocenters. The van der Waals surface area contributed by atoms with Gasteiger partial charge in [0.1, 0.15) is 5.76 Å². The van der Waals surface area contributed by atoms with E-state index in [1.807, 2.05) is 18.7 Å². The monoisotopic (exact) mass is 295 g/mol. The number of aliphatic hydroxyl groups is 1. The second kappa shape index (κ2) is 7.45. The van der Waals surface area contributed by atoms with Gasteiger partial charge in [-0.3, -0.25) is 0 Å². The number of likely N-dealkylation sites (tertiary alicyclic amines) is 1. The van der Waals surface area contributed by atoms with E-state index in [4.69, 9.17) is 9.63 Å². The molecule has 21 heavy (non-hydrogen) atoms. The smallest absolute Gasteiger partial charge is 0.317 e. The molecule has 0 bridgehead atoms. The first-order valence-electron chi connectivity index (χ1n) is 7.67. The summed E-state index contributed by atoms with van der Waals surface area (Å²) in [7, 11) is 0. The van der Waals surface area contributed by atoms with Crippen molar-refractivity contribution in [2.75, 3.05) is 26.2 Å². The van der Waals surface area contributed by atoms with Gasteiger partial charge in [0.2, 0.25) is 0 Å². The molecule has 2 N–H and O–H groups in total. The molecule has 0 aliphatic carbocycles. The topological polar surface area (TPSA) is 78.6 Å². The Kier molecular flexibility index (Phi) is 5.61. The van der Waals surface area contributed by atoms with Crippen LogP contribution in [0.5, 0.6) is 0 Å². The van der Waals surface area contributed by atoms with Crippen molar-refractivity contribution in [3.63, 3.8) is 0 Å². The third-order valence-corrected chi connectivity index (χ3v) is 4.22. The normalized spacial score (nSPS) is 16.2. The van der Waals surface area contributed by atoms with Gasteiger partial charge in [-0.1, -0.05) is 5.16 Å². The van der Waals surface area contributed by atoms with E-state index in [1.165, 1.54) is 0 Å². The number of hydrogen-bond donors (Lipinski definition) is 2. The summed E-state index contributed by atoms with van der Waals surface area (Å²) >= 11 is 0. The van der Waals surface area contributed by atoms with Crippen LogP contribution in [0.3, 0.4) is 0 Å². The molecular weight excluding hydrogens is 270 g/mol. The van der Waals surface area contributed by atoms with Crippen LogP contribution in [0.2, 0.25) is 0 Å². The number of aliphatic hydroxyl groups excluding tert-OH is 1. The summed E-state index contributed by atoms with van der Waals surface area (Å²) in [6, 6.07) is 0.00477. The number of nitrogens with zero attached hydrogens (tertiary/aromatic N) is 2. The van der Waals surface area contributed by atoms with Crippen molar-refractivity contribution in [1.82, 2.24) is 15.4 Å². The van der Waals surface area contributed by atoms with Crippen molar-refractivity contribution >= 4 is 6.03 Å². The lowest BCUT2D eigenvalue weighted by molar-refractivity contribution is 0.137. The third kappa shape index (κ3) is 4.20. The number of carbonyl (C=O) groups is 1. The van der Waals surface area contributed by atoms with Gasteiger partial charge < -0.3 is 19.8 Å². The summed E-state index contributed by atoms with van der Waals surface area (Å²) in [4.78, 5) is 13.8. The van der Waals surface area contributed by atoms with Crippen molar-refractivity contribution in [2.45, 2.75) is 39.5 Å². The fraction of sp³-hybridized carbons (Fsp3) is 0.733. The Hall–Kier alpha value is -1.56. The molecule has 0 unspecified atom stereocenters. The van der Waals surface area contributed by atoms with Gasteiger partial charge in [-0.05, 0) is 45.4 Å². The third-order valence-electron chi connectivity index (χ3n) is 4.22. The zero-order valence-electron chi connectivity index (χ0n) is 12.9.